The second-order valence-electron chi connectivity index (χ2n) is 6.36. The number of nitrogens with one attached hydrogen (secondary N) is 2. The van der Waals surface area contributed by atoms with E-state index in [-0.39, 0.29) is 11.8 Å². The largest absolute Gasteiger partial charge is 0.306 e. The lowest BCUT2D eigenvalue weighted by atomic mass is 9.97. The Kier molecular flexibility index (Phi) is 6.29. The quantitative estimate of drug-likeness (QED) is 0.590. The van der Waals surface area contributed by atoms with Crippen molar-refractivity contribution in [2.45, 2.75) is 19.8 Å². The lowest BCUT2D eigenvalue weighted by Crippen LogP contribution is -2.18. The molecule has 0 fully saturated rings. The average Bonchev–Trinajstić information content (AvgIpc) is 3.22. The summed E-state index contributed by atoms with van der Waals surface area (Å²) in [5.74, 6) is -0.660. The van der Waals surface area contributed by atoms with E-state index in [2.05, 4.69) is 32.2 Å². The Morgan fingerprint density at radius 2 is 2.07 bits per heavy atom. The van der Waals surface area contributed by atoms with Crippen LogP contribution in [0.2, 0.25) is 0 Å². The van der Waals surface area contributed by atoms with Gasteiger partial charge in [-0.1, -0.05) is 36.1 Å². The number of benzene rings is 1. The summed E-state index contributed by atoms with van der Waals surface area (Å²) < 4.78 is 0. The van der Waals surface area contributed by atoms with Crippen LogP contribution in [0.4, 0.5) is 10.9 Å². The number of aryl methyl sites for hydroxylation is 1. The van der Waals surface area contributed by atoms with Gasteiger partial charge in [0.25, 0.3) is 0 Å². The summed E-state index contributed by atoms with van der Waals surface area (Å²) in [6.07, 6.45) is 4.15. The van der Waals surface area contributed by atoms with E-state index in [4.69, 9.17) is 5.26 Å². The number of carbonyl (C=O) groups is 2. The van der Waals surface area contributed by atoms with Gasteiger partial charge in [-0.3, -0.25) is 9.59 Å². The predicted octanol–water partition coefficient (Wildman–Crippen LogP) is 3.65. The first-order valence-corrected chi connectivity index (χ1v) is 9.77. The fraction of sp³-hybridized carbons (Fsp3) is 0.143. The van der Waals surface area contributed by atoms with Crippen molar-refractivity contribution in [3.05, 3.63) is 65.4 Å². The van der Waals surface area contributed by atoms with Gasteiger partial charge < -0.3 is 10.6 Å². The minimum Gasteiger partial charge on any atom is -0.306 e. The molecule has 0 aliphatic carbocycles. The minimum absolute atomic E-state index is 0.226. The second kappa shape index (κ2) is 9.07. The van der Waals surface area contributed by atoms with E-state index in [0.29, 0.717) is 27.2 Å². The van der Waals surface area contributed by atoms with Gasteiger partial charge in [0.2, 0.25) is 11.8 Å². The van der Waals surface area contributed by atoms with Gasteiger partial charge in [-0.25, -0.2) is 15.0 Å². The molecule has 0 saturated carbocycles. The zero-order valence-corrected chi connectivity index (χ0v) is 17.2. The number of carbonyl (C=O) groups excluding carboxylic acids is 2. The maximum absolute atomic E-state index is 12.6. The summed E-state index contributed by atoms with van der Waals surface area (Å²) in [4.78, 5) is 37.3. The molecule has 3 aromatic rings. The lowest BCUT2D eigenvalue weighted by Gasteiger charge is -2.13. The zero-order chi connectivity index (χ0) is 21.7. The highest BCUT2D eigenvalue weighted by Crippen LogP contribution is 2.26. The van der Waals surface area contributed by atoms with E-state index >= 15 is 0 Å². The van der Waals surface area contributed by atoms with Crippen molar-refractivity contribution in [3.8, 4) is 17.3 Å². The third-order valence-electron chi connectivity index (χ3n) is 4.30. The number of amides is 2. The topological polar surface area (TPSA) is 121 Å². The van der Waals surface area contributed by atoms with E-state index in [1.165, 1.54) is 6.20 Å². The molecule has 1 unspecified atom stereocenters. The zero-order valence-electron chi connectivity index (χ0n) is 16.3. The molecule has 0 spiro atoms. The summed E-state index contributed by atoms with van der Waals surface area (Å²) in [5, 5.41) is 14.6. The van der Waals surface area contributed by atoms with Gasteiger partial charge in [-0.15, -0.1) is 0 Å². The van der Waals surface area contributed by atoms with E-state index in [1.54, 1.807) is 20.0 Å². The van der Waals surface area contributed by atoms with Gasteiger partial charge in [-0.05, 0) is 31.6 Å². The molecule has 30 heavy (non-hydrogen) atoms. The summed E-state index contributed by atoms with van der Waals surface area (Å²) in [5.41, 5.74) is 2.78. The Balaban J connectivity index is 1.79. The van der Waals surface area contributed by atoms with Crippen LogP contribution in [-0.4, -0.2) is 26.8 Å². The molecule has 8 nitrogen and oxygen atoms in total. The summed E-state index contributed by atoms with van der Waals surface area (Å²) in [6.45, 7) is 6.95. The molecule has 1 aromatic carbocycles. The molecule has 0 bridgehead atoms. The third kappa shape index (κ3) is 4.74. The number of aromatic nitrogens is 3. The lowest BCUT2D eigenvalue weighted by molar-refractivity contribution is -0.117. The van der Waals surface area contributed by atoms with Crippen molar-refractivity contribution < 1.29 is 9.59 Å². The molecule has 9 heteroatoms. The molecule has 0 aliphatic rings. The van der Waals surface area contributed by atoms with Crippen LogP contribution in [0.3, 0.4) is 0 Å². The number of hydrogen-bond acceptors (Lipinski definition) is 7. The summed E-state index contributed by atoms with van der Waals surface area (Å²) in [6, 6.07) is 9.44. The summed E-state index contributed by atoms with van der Waals surface area (Å²) >= 11 is 1.12. The number of hydrogen-bond donors (Lipinski definition) is 2. The Morgan fingerprint density at radius 3 is 2.73 bits per heavy atom. The maximum Gasteiger partial charge on any atom is 0.248 e. The number of anilines is 2. The molecule has 150 valence electrons. The van der Waals surface area contributed by atoms with Crippen LogP contribution in [0.5, 0.6) is 0 Å². The molecule has 2 N–H and O–H groups in total. The van der Waals surface area contributed by atoms with Crippen LogP contribution < -0.4 is 10.6 Å². The van der Waals surface area contributed by atoms with Crippen molar-refractivity contribution >= 4 is 34.1 Å². The molecule has 3 rings (SSSR count). The molecular formula is C21H18N6O2S. The number of nitrogens with zero attached hydrogens (tertiary/aromatic N) is 4. The molecule has 0 saturated heterocycles. The molecule has 2 aromatic heterocycles. The van der Waals surface area contributed by atoms with Crippen molar-refractivity contribution in [2.75, 3.05) is 10.6 Å². The van der Waals surface area contributed by atoms with Gasteiger partial charge in [0.15, 0.2) is 10.9 Å². The normalized spacial score (nSPS) is 11.2. The Morgan fingerprint density at radius 1 is 1.27 bits per heavy atom. The van der Waals surface area contributed by atoms with E-state index in [9.17, 15) is 9.59 Å². The van der Waals surface area contributed by atoms with Gasteiger partial charge >= 0.3 is 0 Å². The van der Waals surface area contributed by atoms with Crippen LogP contribution in [0, 0.1) is 18.3 Å². The number of rotatable bonds is 6. The molecule has 0 aliphatic heterocycles. The van der Waals surface area contributed by atoms with Gasteiger partial charge in [-0.2, -0.15) is 5.26 Å². The number of thiazole rings is 1. The average molecular weight is 418 g/mol. The number of nitriles is 1. The SMILES string of the molecule is C=CC(=O)Nc1ncc(-c2cccc(C(C)C(=O)Nc3ncc(C#N)s3)c2)nc1C. The third-order valence-corrected chi connectivity index (χ3v) is 5.11. The van der Waals surface area contributed by atoms with Gasteiger partial charge in [0, 0.05) is 5.56 Å². The standard InChI is InChI=1S/C21H18N6O2S/c1-4-18(28)26-19-13(3)25-17(11-23-19)15-7-5-6-14(8-15)12(2)20(29)27-21-24-10-16(9-22)30-21/h4-8,10-12H,1H2,2-3H3,(H,23,26,28)(H,24,27,29). The van der Waals surface area contributed by atoms with Crippen LogP contribution in [0.25, 0.3) is 11.3 Å². The van der Waals surface area contributed by atoms with Crippen molar-refractivity contribution in [1.82, 2.24) is 15.0 Å². The van der Waals surface area contributed by atoms with Crippen molar-refractivity contribution in [1.29, 1.82) is 5.26 Å². The minimum atomic E-state index is -0.445. The first-order chi connectivity index (χ1) is 14.4. The van der Waals surface area contributed by atoms with Crippen LogP contribution in [0.15, 0.2) is 49.3 Å². The van der Waals surface area contributed by atoms with E-state index in [1.807, 2.05) is 30.3 Å². The first kappa shape index (κ1) is 20.8. The van der Waals surface area contributed by atoms with Gasteiger partial charge in [0.05, 0.1) is 29.7 Å². The Bertz CT molecular complexity index is 1160. The highest BCUT2D eigenvalue weighted by Gasteiger charge is 2.18. The second-order valence-corrected chi connectivity index (χ2v) is 7.39. The highest BCUT2D eigenvalue weighted by atomic mass is 32.1. The van der Waals surface area contributed by atoms with Crippen molar-refractivity contribution in [3.63, 3.8) is 0 Å². The van der Waals surface area contributed by atoms with Crippen LogP contribution in [0.1, 0.15) is 29.0 Å². The van der Waals surface area contributed by atoms with Crippen LogP contribution in [-0.2, 0) is 9.59 Å². The fourth-order valence-electron chi connectivity index (χ4n) is 2.63. The first-order valence-electron chi connectivity index (χ1n) is 8.95. The fourth-order valence-corrected chi connectivity index (χ4v) is 3.24. The summed E-state index contributed by atoms with van der Waals surface area (Å²) in [7, 11) is 0. The molecule has 2 amide bonds. The monoisotopic (exact) mass is 418 g/mol. The van der Waals surface area contributed by atoms with Crippen LogP contribution >= 0.6 is 11.3 Å². The molecular weight excluding hydrogens is 400 g/mol. The van der Waals surface area contributed by atoms with Gasteiger partial charge in [0.1, 0.15) is 10.9 Å². The maximum atomic E-state index is 12.6. The van der Waals surface area contributed by atoms with E-state index < -0.39 is 5.92 Å². The molecule has 0 radical (unpaired) electrons. The van der Waals surface area contributed by atoms with E-state index in [0.717, 1.165) is 28.5 Å². The highest BCUT2D eigenvalue weighted by molar-refractivity contribution is 7.16. The predicted molar refractivity (Wildman–Crippen MR) is 115 cm³/mol. The molecule has 2 heterocycles. The Labute approximate surface area is 177 Å². The van der Waals surface area contributed by atoms with Crippen molar-refractivity contribution in [2.24, 2.45) is 0 Å². The smallest absolute Gasteiger partial charge is 0.248 e. The molecule has 1 atom stereocenters. The Hall–Kier alpha value is -3.90.